The fourth-order valence-corrected chi connectivity index (χ4v) is 2.00. The molecule has 2 aromatic carbocycles. The minimum absolute atomic E-state index is 0.0208. The van der Waals surface area contributed by atoms with Gasteiger partial charge in [0.2, 0.25) is 0 Å². The summed E-state index contributed by atoms with van der Waals surface area (Å²) in [7, 11) is 0. The number of hydrogen-bond acceptors (Lipinski definition) is 6. The van der Waals surface area contributed by atoms with Crippen molar-refractivity contribution < 1.29 is 32.8 Å². The fraction of sp³-hybridized carbons (Fsp3) is 0.111. The van der Waals surface area contributed by atoms with Gasteiger partial charge < -0.3 is 14.8 Å². The first kappa shape index (κ1) is 20.5. The number of nitro benzene ring substituents is 1. The minimum Gasteiger partial charge on any atom is -0.452 e. The maximum Gasteiger partial charge on any atom is 0.387 e. The zero-order chi connectivity index (χ0) is 20.5. The van der Waals surface area contributed by atoms with Crippen LogP contribution in [-0.2, 0) is 14.3 Å². The molecule has 0 aromatic heterocycles. The molecule has 0 unspecified atom stereocenters. The monoisotopic (exact) mass is 392 g/mol. The molecule has 1 amide bonds. The van der Waals surface area contributed by atoms with Crippen molar-refractivity contribution in [2.45, 2.75) is 6.61 Å². The Morgan fingerprint density at radius 1 is 1.18 bits per heavy atom. The van der Waals surface area contributed by atoms with E-state index >= 15 is 0 Å². The Labute approximate surface area is 157 Å². The normalized spacial score (nSPS) is 10.7. The number of carbonyl (C=O) groups is 2. The molecule has 0 spiro atoms. The third-order valence-electron chi connectivity index (χ3n) is 3.20. The summed E-state index contributed by atoms with van der Waals surface area (Å²) >= 11 is 0. The zero-order valence-electron chi connectivity index (χ0n) is 14.2. The van der Waals surface area contributed by atoms with Crippen LogP contribution in [0.1, 0.15) is 5.56 Å². The summed E-state index contributed by atoms with van der Waals surface area (Å²) in [6.45, 7) is -3.52. The lowest BCUT2D eigenvalue weighted by Gasteiger charge is -2.05. The van der Waals surface area contributed by atoms with Gasteiger partial charge in [-0.3, -0.25) is 14.9 Å². The number of nitrogens with zero attached hydrogens (tertiary/aromatic N) is 1. The molecule has 0 aliphatic rings. The molecule has 0 atom stereocenters. The van der Waals surface area contributed by atoms with Crippen LogP contribution in [0.5, 0.6) is 5.75 Å². The maximum absolute atomic E-state index is 12.1. The van der Waals surface area contributed by atoms with Crippen LogP contribution in [-0.4, -0.2) is 30.0 Å². The number of halogens is 2. The van der Waals surface area contributed by atoms with Crippen LogP contribution in [0.15, 0.2) is 54.6 Å². The van der Waals surface area contributed by atoms with Crippen molar-refractivity contribution in [3.05, 3.63) is 70.3 Å². The molecule has 0 aliphatic heterocycles. The number of carbonyl (C=O) groups excluding carboxylic acids is 2. The quantitative estimate of drug-likeness (QED) is 0.319. The number of amides is 1. The van der Waals surface area contributed by atoms with E-state index in [9.17, 15) is 28.5 Å². The molecule has 0 fully saturated rings. The van der Waals surface area contributed by atoms with Gasteiger partial charge in [-0.2, -0.15) is 8.78 Å². The molecule has 146 valence electrons. The van der Waals surface area contributed by atoms with Crippen LogP contribution in [0.25, 0.3) is 6.08 Å². The molecule has 1 N–H and O–H groups in total. The summed E-state index contributed by atoms with van der Waals surface area (Å²) in [5, 5.41) is 13.1. The number of rotatable bonds is 8. The van der Waals surface area contributed by atoms with Crippen LogP contribution in [0, 0.1) is 10.1 Å². The molecule has 0 radical (unpaired) electrons. The number of hydrogen-bond donors (Lipinski definition) is 1. The van der Waals surface area contributed by atoms with E-state index in [0.717, 1.165) is 6.08 Å². The van der Waals surface area contributed by atoms with E-state index in [1.165, 1.54) is 54.6 Å². The molecule has 0 bridgehead atoms. The predicted octanol–water partition coefficient (Wildman–Crippen LogP) is 3.39. The topological polar surface area (TPSA) is 108 Å². The number of nitro groups is 1. The van der Waals surface area contributed by atoms with Gasteiger partial charge in [0.1, 0.15) is 5.75 Å². The van der Waals surface area contributed by atoms with E-state index in [2.05, 4.69) is 10.1 Å². The lowest BCUT2D eigenvalue weighted by molar-refractivity contribution is -0.384. The van der Waals surface area contributed by atoms with Crippen molar-refractivity contribution in [1.82, 2.24) is 0 Å². The van der Waals surface area contributed by atoms with Crippen LogP contribution >= 0.6 is 0 Å². The summed E-state index contributed by atoms with van der Waals surface area (Å²) in [4.78, 5) is 33.4. The minimum atomic E-state index is -2.93. The predicted molar refractivity (Wildman–Crippen MR) is 94.8 cm³/mol. The average molecular weight is 392 g/mol. The fourth-order valence-electron chi connectivity index (χ4n) is 2.00. The molecule has 8 nitrogen and oxygen atoms in total. The van der Waals surface area contributed by atoms with Crippen molar-refractivity contribution in [2.24, 2.45) is 0 Å². The lowest BCUT2D eigenvalue weighted by atomic mass is 10.2. The Hall–Kier alpha value is -3.82. The van der Waals surface area contributed by atoms with E-state index in [0.29, 0.717) is 5.56 Å². The Balaban J connectivity index is 1.81. The van der Waals surface area contributed by atoms with Gasteiger partial charge in [-0.1, -0.05) is 18.2 Å². The number of esters is 1. The molecular formula is C18H14F2N2O6. The first-order chi connectivity index (χ1) is 13.3. The summed E-state index contributed by atoms with van der Waals surface area (Å²) < 4.78 is 33.1. The van der Waals surface area contributed by atoms with Crippen molar-refractivity contribution >= 4 is 29.3 Å². The number of ether oxygens (including phenoxy) is 2. The second-order valence-corrected chi connectivity index (χ2v) is 5.24. The summed E-state index contributed by atoms with van der Waals surface area (Å²) in [5.74, 6) is -1.50. The first-order valence-electron chi connectivity index (χ1n) is 7.77. The zero-order valence-corrected chi connectivity index (χ0v) is 14.2. The third kappa shape index (κ3) is 6.83. The second kappa shape index (κ2) is 9.76. The highest BCUT2D eigenvalue weighted by atomic mass is 19.3. The molecular weight excluding hydrogens is 378 g/mol. The average Bonchev–Trinajstić information content (AvgIpc) is 2.65. The van der Waals surface area contributed by atoms with Gasteiger partial charge >= 0.3 is 12.6 Å². The van der Waals surface area contributed by atoms with Crippen LogP contribution in [0.3, 0.4) is 0 Å². The van der Waals surface area contributed by atoms with E-state index in [4.69, 9.17) is 4.74 Å². The Morgan fingerprint density at radius 3 is 2.54 bits per heavy atom. The van der Waals surface area contributed by atoms with E-state index in [-0.39, 0.29) is 17.1 Å². The maximum atomic E-state index is 12.1. The van der Waals surface area contributed by atoms with Crippen molar-refractivity contribution in [2.75, 3.05) is 11.9 Å². The van der Waals surface area contributed by atoms with Crippen molar-refractivity contribution in [3.8, 4) is 5.75 Å². The van der Waals surface area contributed by atoms with E-state index < -0.39 is 30.0 Å². The summed E-state index contributed by atoms with van der Waals surface area (Å²) in [5.41, 5.74) is 0.527. The smallest absolute Gasteiger partial charge is 0.387 e. The van der Waals surface area contributed by atoms with Crippen molar-refractivity contribution in [1.29, 1.82) is 0 Å². The highest BCUT2D eigenvalue weighted by Gasteiger charge is 2.09. The Bertz CT molecular complexity index is 884. The van der Waals surface area contributed by atoms with Crippen LogP contribution in [0.4, 0.5) is 20.2 Å². The largest absolute Gasteiger partial charge is 0.452 e. The number of alkyl halides is 2. The number of benzene rings is 2. The Morgan fingerprint density at radius 2 is 1.89 bits per heavy atom. The first-order valence-corrected chi connectivity index (χ1v) is 7.77. The summed E-state index contributed by atoms with van der Waals surface area (Å²) in [6.07, 6.45) is 2.43. The van der Waals surface area contributed by atoms with Crippen LogP contribution in [0.2, 0.25) is 0 Å². The molecule has 0 saturated carbocycles. The van der Waals surface area contributed by atoms with Gasteiger partial charge in [0.15, 0.2) is 6.61 Å². The van der Waals surface area contributed by atoms with E-state index in [1.807, 2.05) is 0 Å². The van der Waals surface area contributed by atoms with Gasteiger partial charge in [0, 0.05) is 23.9 Å². The third-order valence-corrected chi connectivity index (χ3v) is 3.20. The number of nitrogens with one attached hydrogen (secondary N) is 1. The molecule has 10 heteroatoms. The highest BCUT2D eigenvalue weighted by Crippen LogP contribution is 2.17. The molecule has 0 heterocycles. The highest BCUT2D eigenvalue weighted by molar-refractivity contribution is 5.94. The SMILES string of the molecule is O=C(COC(=O)/C=C/c1ccc(OC(F)F)cc1)Nc1cccc([N+](=O)[O-])c1. The summed E-state index contributed by atoms with van der Waals surface area (Å²) in [6, 6.07) is 10.8. The molecule has 2 rings (SSSR count). The van der Waals surface area contributed by atoms with Gasteiger partial charge in [-0.15, -0.1) is 0 Å². The Kier molecular flexibility index (Phi) is 7.14. The second-order valence-electron chi connectivity index (χ2n) is 5.24. The standard InChI is InChI=1S/C18H14F2N2O6/c19-18(20)28-15-7-4-12(5-8-15)6-9-17(24)27-11-16(23)21-13-2-1-3-14(10-13)22(25)26/h1-10,18H,11H2,(H,21,23)/b9-6+. The molecule has 0 aliphatic carbocycles. The van der Waals surface area contributed by atoms with Crippen LogP contribution < -0.4 is 10.1 Å². The molecule has 28 heavy (non-hydrogen) atoms. The van der Waals surface area contributed by atoms with Crippen molar-refractivity contribution in [3.63, 3.8) is 0 Å². The van der Waals surface area contributed by atoms with Gasteiger partial charge in [0.05, 0.1) is 4.92 Å². The van der Waals surface area contributed by atoms with E-state index in [1.54, 1.807) is 0 Å². The van der Waals surface area contributed by atoms with Gasteiger partial charge in [-0.25, -0.2) is 4.79 Å². The number of non-ortho nitro benzene ring substituents is 1. The van der Waals surface area contributed by atoms with Gasteiger partial charge in [-0.05, 0) is 29.8 Å². The van der Waals surface area contributed by atoms with Gasteiger partial charge in [0.25, 0.3) is 11.6 Å². The lowest BCUT2D eigenvalue weighted by Crippen LogP contribution is -2.20. The molecule has 0 saturated heterocycles. The number of anilines is 1. The molecule has 2 aromatic rings.